The molecule has 0 saturated carbocycles. The minimum atomic E-state index is -3.68. The highest BCUT2D eigenvalue weighted by molar-refractivity contribution is 7.99. The maximum atomic E-state index is 12.4. The Bertz CT molecular complexity index is 580. The van der Waals surface area contributed by atoms with Crippen molar-refractivity contribution in [2.45, 2.75) is 37.8 Å². The zero-order valence-corrected chi connectivity index (χ0v) is 15.2. The van der Waals surface area contributed by atoms with E-state index in [4.69, 9.17) is 28.9 Å². The van der Waals surface area contributed by atoms with E-state index in [1.165, 1.54) is 12.1 Å². The zero-order chi connectivity index (χ0) is 16.0. The van der Waals surface area contributed by atoms with Crippen LogP contribution in [-0.2, 0) is 16.6 Å². The molecule has 3 N–H and O–H groups in total. The lowest BCUT2D eigenvalue weighted by atomic mass is 10.2. The molecule has 1 unspecified atom stereocenters. The fourth-order valence-electron chi connectivity index (χ4n) is 1.76. The molecule has 0 fully saturated rings. The van der Waals surface area contributed by atoms with Gasteiger partial charge in [0.2, 0.25) is 10.0 Å². The van der Waals surface area contributed by atoms with Crippen molar-refractivity contribution in [2.24, 2.45) is 5.73 Å². The van der Waals surface area contributed by atoms with Crippen LogP contribution in [0.15, 0.2) is 17.0 Å². The largest absolute Gasteiger partial charge is 0.326 e. The molecule has 1 aromatic rings. The SMILES string of the molecule is CCSCCC(C)NS(=O)(=O)c1ccc(Cl)c(CN)c1Cl. The van der Waals surface area contributed by atoms with Crippen molar-refractivity contribution < 1.29 is 8.42 Å². The molecule has 0 spiro atoms. The van der Waals surface area contributed by atoms with E-state index in [1.807, 2.05) is 6.92 Å². The van der Waals surface area contributed by atoms with Crippen LogP contribution in [0.1, 0.15) is 25.8 Å². The summed E-state index contributed by atoms with van der Waals surface area (Å²) in [4.78, 5) is 0.0176. The van der Waals surface area contributed by atoms with Crippen molar-refractivity contribution in [1.29, 1.82) is 0 Å². The average Bonchev–Trinajstić information content (AvgIpc) is 2.38. The van der Waals surface area contributed by atoms with Crippen LogP contribution in [0, 0.1) is 0 Å². The summed E-state index contributed by atoms with van der Waals surface area (Å²) in [5.74, 6) is 1.92. The molecular formula is C13H20Cl2N2O2S2. The molecule has 0 radical (unpaired) electrons. The monoisotopic (exact) mass is 370 g/mol. The second-order valence-electron chi connectivity index (χ2n) is 4.55. The molecule has 0 amide bonds. The van der Waals surface area contributed by atoms with Gasteiger partial charge in [0.15, 0.2) is 0 Å². The van der Waals surface area contributed by atoms with Gasteiger partial charge in [0.1, 0.15) is 4.90 Å². The van der Waals surface area contributed by atoms with Crippen molar-refractivity contribution in [3.8, 4) is 0 Å². The van der Waals surface area contributed by atoms with Crippen molar-refractivity contribution in [1.82, 2.24) is 4.72 Å². The highest BCUT2D eigenvalue weighted by Gasteiger charge is 2.22. The summed E-state index contributed by atoms with van der Waals surface area (Å²) in [5, 5.41) is 0.460. The fourth-order valence-corrected chi connectivity index (χ4v) is 4.78. The summed E-state index contributed by atoms with van der Waals surface area (Å²) in [6.45, 7) is 3.99. The lowest BCUT2D eigenvalue weighted by molar-refractivity contribution is 0.557. The third kappa shape index (κ3) is 5.30. The molecule has 0 heterocycles. The molecule has 8 heteroatoms. The molecular weight excluding hydrogens is 351 g/mol. The average molecular weight is 371 g/mol. The fraction of sp³-hybridized carbons (Fsp3) is 0.538. The Hall–Kier alpha value is 0.0200. The Balaban J connectivity index is 2.93. The third-order valence-electron chi connectivity index (χ3n) is 2.90. The van der Waals surface area contributed by atoms with E-state index in [-0.39, 0.29) is 22.5 Å². The van der Waals surface area contributed by atoms with E-state index in [0.717, 1.165) is 17.9 Å². The van der Waals surface area contributed by atoms with E-state index >= 15 is 0 Å². The van der Waals surface area contributed by atoms with Crippen molar-refractivity contribution >= 4 is 45.0 Å². The number of rotatable bonds is 8. The van der Waals surface area contributed by atoms with Gasteiger partial charge in [-0.05, 0) is 37.0 Å². The summed E-state index contributed by atoms with van der Waals surface area (Å²) in [6, 6.07) is 2.74. The predicted octanol–water partition coefficient (Wildman–Crippen LogP) is 3.26. The molecule has 1 rings (SSSR count). The first-order chi connectivity index (χ1) is 9.83. The topological polar surface area (TPSA) is 72.2 Å². The van der Waals surface area contributed by atoms with Crippen LogP contribution in [0.25, 0.3) is 0 Å². The first-order valence-electron chi connectivity index (χ1n) is 6.60. The van der Waals surface area contributed by atoms with Crippen LogP contribution >= 0.6 is 35.0 Å². The Kier molecular flexibility index (Phi) is 7.81. The lowest BCUT2D eigenvalue weighted by Gasteiger charge is -2.16. The minimum Gasteiger partial charge on any atom is -0.326 e. The second-order valence-corrected chi connectivity index (χ2v) is 8.41. The summed E-state index contributed by atoms with van der Waals surface area (Å²) in [7, 11) is -3.68. The third-order valence-corrected chi connectivity index (χ3v) is 6.36. The Morgan fingerprint density at radius 2 is 2.05 bits per heavy atom. The van der Waals surface area contributed by atoms with Gasteiger partial charge in [-0.1, -0.05) is 30.1 Å². The lowest BCUT2D eigenvalue weighted by Crippen LogP contribution is -2.33. The second kappa shape index (κ2) is 8.60. The predicted molar refractivity (Wildman–Crippen MR) is 91.8 cm³/mol. The number of hydrogen-bond acceptors (Lipinski definition) is 4. The number of nitrogens with two attached hydrogens (primary N) is 1. The number of hydrogen-bond donors (Lipinski definition) is 2. The number of sulfonamides is 1. The van der Waals surface area contributed by atoms with Gasteiger partial charge in [0.25, 0.3) is 0 Å². The molecule has 1 aromatic carbocycles. The molecule has 0 aromatic heterocycles. The molecule has 0 bridgehead atoms. The molecule has 1 atom stereocenters. The number of halogens is 2. The molecule has 0 aliphatic carbocycles. The standard InChI is InChI=1S/C13H20Cl2N2O2S2/c1-3-20-7-6-9(2)17-21(18,19)12-5-4-11(14)10(8-16)13(12)15/h4-5,9,17H,3,6-8,16H2,1-2H3. The van der Waals surface area contributed by atoms with Crippen LogP contribution < -0.4 is 10.5 Å². The first kappa shape index (κ1) is 19.1. The van der Waals surface area contributed by atoms with Crippen molar-refractivity contribution in [3.63, 3.8) is 0 Å². The molecule has 4 nitrogen and oxygen atoms in total. The van der Waals surface area contributed by atoms with Crippen LogP contribution in [0.5, 0.6) is 0 Å². The summed E-state index contributed by atoms with van der Waals surface area (Å²) in [5.41, 5.74) is 6.00. The molecule has 0 saturated heterocycles. The van der Waals surface area contributed by atoms with Gasteiger partial charge < -0.3 is 5.73 Å². The minimum absolute atomic E-state index is 0.0176. The zero-order valence-electron chi connectivity index (χ0n) is 12.0. The number of nitrogens with one attached hydrogen (secondary N) is 1. The van der Waals surface area contributed by atoms with E-state index in [1.54, 1.807) is 11.8 Å². The van der Waals surface area contributed by atoms with Crippen LogP contribution in [0.3, 0.4) is 0 Å². The number of thioether (sulfide) groups is 1. The molecule has 0 aliphatic heterocycles. The van der Waals surface area contributed by atoms with Gasteiger partial charge in [-0.15, -0.1) is 0 Å². The van der Waals surface area contributed by atoms with Crippen LogP contribution in [0.2, 0.25) is 10.0 Å². The summed E-state index contributed by atoms with van der Waals surface area (Å²) >= 11 is 13.9. The summed E-state index contributed by atoms with van der Waals surface area (Å²) < 4.78 is 27.4. The normalized spacial score (nSPS) is 13.4. The van der Waals surface area contributed by atoms with Gasteiger partial charge in [0.05, 0.1) is 5.02 Å². The van der Waals surface area contributed by atoms with Crippen LogP contribution in [0.4, 0.5) is 0 Å². The molecule has 0 aliphatic rings. The van der Waals surface area contributed by atoms with Crippen molar-refractivity contribution in [3.05, 3.63) is 27.7 Å². The molecule has 21 heavy (non-hydrogen) atoms. The Morgan fingerprint density at radius 3 is 2.62 bits per heavy atom. The van der Waals surface area contributed by atoms with Crippen molar-refractivity contribution in [2.75, 3.05) is 11.5 Å². The quantitative estimate of drug-likeness (QED) is 0.688. The molecule has 120 valence electrons. The highest BCUT2D eigenvalue weighted by atomic mass is 35.5. The van der Waals surface area contributed by atoms with Gasteiger partial charge in [0, 0.05) is 23.2 Å². The Morgan fingerprint density at radius 1 is 1.38 bits per heavy atom. The smallest absolute Gasteiger partial charge is 0.242 e. The maximum Gasteiger partial charge on any atom is 0.242 e. The number of benzene rings is 1. The van der Waals surface area contributed by atoms with Gasteiger partial charge >= 0.3 is 0 Å². The van der Waals surface area contributed by atoms with E-state index < -0.39 is 10.0 Å². The highest BCUT2D eigenvalue weighted by Crippen LogP contribution is 2.30. The van der Waals surface area contributed by atoms with Crippen LogP contribution in [-0.4, -0.2) is 26.0 Å². The first-order valence-corrected chi connectivity index (χ1v) is 9.99. The van der Waals surface area contributed by atoms with Gasteiger partial charge in [-0.2, -0.15) is 11.8 Å². The van der Waals surface area contributed by atoms with E-state index in [2.05, 4.69) is 11.6 Å². The van der Waals surface area contributed by atoms with E-state index in [9.17, 15) is 8.42 Å². The summed E-state index contributed by atoms with van der Waals surface area (Å²) in [6.07, 6.45) is 0.757. The van der Waals surface area contributed by atoms with E-state index in [0.29, 0.717) is 10.6 Å². The maximum absolute atomic E-state index is 12.4. The Labute approximate surface area is 140 Å². The van der Waals surface area contributed by atoms with Gasteiger partial charge in [-0.25, -0.2) is 13.1 Å². The van der Waals surface area contributed by atoms with Gasteiger partial charge in [-0.3, -0.25) is 0 Å².